The molecule has 0 aliphatic rings. The SMILES string of the molecule is CCN(CC)c1ncc(CNCc2csc(C)n2)s1. The van der Waals surface area contributed by atoms with Gasteiger partial charge >= 0.3 is 0 Å². The quantitative estimate of drug-likeness (QED) is 0.852. The van der Waals surface area contributed by atoms with E-state index in [1.54, 1.807) is 22.7 Å². The summed E-state index contributed by atoms with van der Waals surface area (Å²) in [6.07, 6.45) is 1.97. The molecule has 0 saturated carbocycles. The average Bonchev–Trinajstić information content (AvgIpc) is 3.01. The van der Waals surface area contributed by atoms with Crippen LogP contribution < -0.4 is 10.2 Å². The molecule has 0 unspecified atom stereocenters. The van der Waals surface area contributed by atoms with Gasteiger partial charge in [-0.25, -0.2) is 9.97 Å². The molecule has 2 heterocycles. The van der Waals surface area contributed by atoms with Crippen LogP contribution in [0, 0.1) is 6.92 Å². The molecular formula is C13H20N4S2. The molecule has 2 aromatic rings. The van der Waals surface area contributed by atoms with Crippen molar-refractivity contribution in [1.29, 1.82) is 0 Å². The van der Waals surface area contributed by atoms with Gasteiger partial charge in [0.2, 0.25) is 0 Å². The molecule has 0 aliphatic carbocycles. The lowest BCUT2D eigenvalue weighted by molar-refractivity contribution is 0.688. The molecule has 0 amide bonds. The highest BCUT2D eigenvalue weighted by Crippen LogP contribution is 2.22. The lowest BCUT2D eigenvalue weighted by Crippen LogP contribution is -2.21. The number of aromatic nitrogens is 2. The van der Waals surface area contributed by atoms with Crippen LogP contribution in [0.25, 0.3) is 0 Å². The third-order valence-electron chi connectivity index (χ3n) is 2.85. The molecule has 0 atom stereocenters. The Labute approximate surface area is 122 Å². The molecule has 0 spiro atoms. The minimum atomic E-state index is 0.822. The van der Waals surface area contributed by atoms with Crippen molar-refractivity contribution in [2.75, 3.05) is 18.0 Å². The molecule has 2 aromatic heterocycles. The van der Waals surface area contributed by atoms with Crippen LogP contribution >= 0.6 is 22.7 Å². The summed E-state index contributed by atoms with van der Waals surface area (Å²) in [6.45, 7) is 10.1. The number of hydrogen-bond acceptors (Lipinski definition) is 6. The molecule has 0 saturated heterocycles. The van der Waals surface area contributed by atoms with Crippen molar-refractivity contribution >= 4 is 27.8 Å². The number of nitrogens with zero attached hydrogens (tertiary/aromatic N) is 3. The zero-order valence-corrected chi connectivity index (χ0v) is 13.3. The summed E-state index contributed by atoms with van der Waals surface area (Å²) < 4.78 is 0. The van der Waals surface area contributed by atoms with Crippen LogP contribution in [0.4, 0.5) is 5.13 Å². The van der Waals surface area contributed by atoms with E-state index in [4.69, 9.17) is 0 Å². The molecule has 19 heavy (non-hydrogen) atoms. The number of nitrogens with one attached hydrogen (secondary N) is 1. The second-order valence-electron chi connectivity index (χ2n) is 4.24. The maximum absolute atomic E-state index is 4.48. The Morgan fingerprint density at radius 2 is 2.05 bits per heavy atom. The maximum atomic E-state index is 4.48. The van der Waals surface area contributed by atoms with Gasteiger partial charge in [-0.15, -0.1) is 22.7 Å². The maximum Gasteiger partial charge on any atom is 0.185 e. The van der Waals surface area contributed by atoms with Crippen molar-refractivity contribution in [2.24, 2.45) is 0 Å². The van der Waals surface area contributed by atoms with E-state index in [1.165, 1.54) is 4.88 Å². The summed E-state index contributed by atoms with van der Waals surface area (Å²) in [5, 5.41) is 7.76. The summed E-state index contributed by atoms with van der Waals surface area (Å²) >= 11 is 3.46. The molecular weight excluding hydrogens is 276 g/mol. The van der Waals surface area contributed by atoms with Crippen LogP contribution in [0.2, 0.25) is 0 Å². The minimum absolute atomic E-state index is 0.822. The van der Waals surface area contributed by atoms with Gasteiger partial charge in [-0.3, -0.25) is 0 Å². The fraction of sp³-hybridized carbons (Fsp3) is 0.538. The first kappa shape index (κ1) is 14.4. The smallest absolute Gasteiger partial charge is 0.185 e. The van der Waals surface area contributed by atoms with E-state index in [-0.39, 0.29) is 0 Å². The zero-order chi connectivity index (χ0) is 13.7. The van der Waals surface area contributed by atoms with Crippen LogP contribution in [-0.4, -0.2) is 23.1 Å². The average molecular weight is 296 g/mol. The Morgan fingerprint density at radius 3 is 2.68 bits per heavy atom. The topological polar surface area (TPSA) is 41.1 Å². The normalized spacial score (nSPS) is 10.9. The molecule has 1 N–H and O–H groups in total. The highest BCUT2D eigenvalue weighted by molar-refractivity contribution is 7.15. The summed E-state index contributed by atoms with van der Waals surface area (Å²) in [4.78, 5) is 12.5. The minimum Gasteiger partial charge on any atom is -0.349 e. The first-order chi connectivity index (χ1) is 9.22. The molecule has 0 aliphatic heterocycles. The van der Waals surface area contributed by atoms with Crippen molar-refractivity contribution in [2.45, 2.75) is 33.9 Å². The van der Waals surface area contributed by atoms with Crippen LogP contribution in [-0.2, 0) is 13.1 Å². The molecule has 0 aromatic carbocycles. The number of thiazole rings is 2. The predicted octanol–water partition coefficient (Wildman–Crippen LogP) is 3.04. The summed E-state index contributed by atoms with van der Waals surface area (Å²) in [6, 6.07) is 0. The van der Waals surface area contributed by atoms with Crippen LogP contribution in [0.5, 0.6) is 0 Å². The molecule has 0 radical (unpaired) electrons. The molecule has 6 heteroatoms. The first-order valence-corrected chi connectivity index (χ1v) is 8.24. The fourth-order valence-electron chi connectivity index (χ4n) is 1.82. The van der Waals surface area contributed by atoms with Gasteiger partial charge in [-0.2, -0.15) is 0 Å². The number of aryl methyl sites for hydroxylation is 1. The van der Waals surface area contributed by atoms with Crippen molar-refractivity contribution in [1.82, 2.24) is 15.3 Å². The van der Waals surface area contributed by atoms with Crippen molar-refractivity contribution < 1.29 is 0 Å². The van der Waals surface area contributed by atoms with Crippen molar-refractivity contribution in [3.8, 4) is 0 Å². The van der Waals surface area contributed by atoms with Crippen LogP contribution in [0.1, 0.15) is 29.4 Å². The van der Waals surface area contributed by atoms with E-state index in [0.717, 1.165) is 42.0 Å². The van der Waals surface area contributed by atoms with Gasteiger partial charge in [0.05, 0.1) is 10.7 Å². The Kier molecular flexibility index (Phi) is 5.30. The Bertz CT molecular complexity index is 502. The lowest BCUT2D eigenvalue weighted by Gasteiger charge is -2.16. The van der Waals surface area contributed by atoms with E-state index in [0.29, 0.717) is 0 Å². The van der Waals surface area contributed by atoms with Gasteiger partial charge in [0.25, 0.3) is 0 Å². The monoisotopic (exact) mass is 296 g/mol. The van der Waals surface area contributed by atoms with E-state index in [9.17, 15) is 0 Å². The van der Waals surface area contributed by atoms with E-state index in [1.807, 2.05) is 13.1 Å². The molecule has 4 nitrogen and oxygen atoms in total. The Hall–Kier alpha value is -0.980. The largest absolute Gasteiger partial charge is 0.349 e. The molecule has 2 rings (SSSR count). The van der Waals surface area contributed by atoms with Gasteiger partial charge in [-0.05, 0) is 20.8 Å². The molecule has 104 valence electrons. The van der Waals surface area contributed by atoms with Crippen molar-refractivity contribution in [3.63, 3.8) is 0 Å². The number of anilines is 1. The van der Waals surface area contributed by atoms with Crippen molar-refractivity contribution in [3.05, 3.63) is 27.2 Å². The highest BCUT2D eigenvalue weighted by Gasteiger charge is 2.07. The third-order valence-corrected chi connectivity index (χ3v) is 4.73. The van der Waals surface area contributed by atoms with E-state index >= 15 is 0 Å². The van der Waals surface area contributed by atoms with Gasteiger partial charge in [-0.1, -0.05) is 0 Å². The number of rotatable bonds is 7. The third kappa shape index (κ3) is 3.99. The van der Waals surface area contributed by atoms with E-state index < -0.39 is 0 Å². The lowest BCUT2D eigenvalue weighted by atomic mass is 10.4. The standard InChI is InChI=1S/C13H20N4S2/c1-4-17(5-2)13-15-8-12(19-13)7-14-6-11-9-18-10(3)16-11/h8-9,14H,4-7H2,1-3H3. The Morgan fingerprint density at radius 1 is 1.26 bits per heavy atom. The fourth-order valence-corrected chi connectivity index (χ4v) is 3.44. The van der Waals surface area contributed by atoms with E-state index in [2.05, 4.69) is 39.4 Å². The van der Waals surface area contributed by atoms with Gasteiger partial charge < -0.3 is 10.2 Å². The zero-order valence-electron chi connectivity index (χ0n) is 11.6. The van der Waals surface area contributed by atoms with Gasteiger partial charge in [0, 0.05) is 42.6 Å². The van der Waals surface area contributed by atoms with Gasteiger partial charge in [0.15, 0.2) is 5.13 Å². The molecule has 0 fully saturated rings. The summed E-state index contributed by atoms with van der Waals surface area (Å²) in [7, 11) is 0. The summed E-state index contributed by atoms with van der Waals surface area (Å²) in [5.41, 5.74) is 1.12. The Balaban J connectivity index is 1.83. The predicted molar refractivity (Wildman–Crippen MR) is 83.1 cm³/mol. The van der Waals surface area contributed by atoms with Gasteiger partial charge in [0.1, 0.15) is 0 Å². The highest BCUT2D eigenvalue weighted by atomic mass is 32.1. The summed E-state index contributed by atoms with van der Waals surface area (Å²) in [5.74, 6) is 0. The number of hydrogen-bond donors (Lipinski definition) is 1. The van der Waals surface area contributed by atoms with Crippen LogP contribution in [0.3, 0.4) is 0 Å². The second kappa shape index (κ2) is 6.98. The second-order valence-corrected chi connectivity index (χ2v) is 6.40. The first-order valence-electron chi connectivity index (χ1n) is 6.54. The van der Waals surface area contributed by atoms with Crippen LogP contribution in [0.15, 0.2) is 11.6 Å². The molecule has 0 bridgehead atoms.